The first-order valence-corrected chi connectivity index (χ1v) is 6.99. The Morgan fingerprint density at radius 1 is 1.39 bits per heavy atom. The monoisotopic (exact) mass is 327 g/mol. The highest BCUT2D eigenvalue weighted by molar-refractivity contribution is 5.71. The lowest BCUT2D eigenvalue weighted by molar-refractivity contribution is -0.137. The van der Waals surface area contributed by atoms with E-state index >= 15 is 0 Å². The van der Waals surface area contributed by atoms with Gasteiger partial charge in [-0.1, -0.05) is 0 Å². The van der Waals surface area contributed by atoms with E-state index in [4.69, 9.17) is 9.84 Å². The van der Waals surface area contributed by atoms with Crippen molar-refractivity contribution in [3.63, 3.8) is 0 Å². The van der Waals surface area contributed by atoms with Gasteiger partial charge in [0.15, 0.2) is 0 Å². The van der Waals surface area contributed by atoms with Gasteiger partial charge in [0, 0.05) is 18.3 Å². The maximum atomic E-state index is 11.8. The van der Waals surface area contributed by atoms with Crippen molar-refractivity contribution in [2.75, 3.05) is 0 Å². The van der Waals surface area contributed by atoms with Gasteiger partial charge >= 0.3 is 17.8 Å². The number of aromatic amines is 1. The highest BCUT2D eigenvalue weighted by Crippen LogP contribution is 2.07. The zero-order valence-electron chi connectivity index (χ0n) is 13.5. The van der Waals surface area contributed by atoms with Crippen LogP contribution in [-0.4, -0.2) is 38.4 Å². The van der Waals surface area contributed by atoms with Crippen molar-refractivity contribution >= 4 is 12.1 Å². The van der Waals surface area contributed by atoms with Crippen LogP contribution in [0.25, 0.3) is 0 Å². The van der Waals surface area contributed by atoms with Crippen molar-refractivity contribution in [3.05, 3.63) is 32.6 Å². The predicted molar refractivity (Wildman–Crippen MR) is 81.5 cm³/mol. The lowest BCUT2D eigenvalue weighted by atomic mass is 10.2. The number of carboxylic acid groups (broad SMARTS) is 1. The number of hydrogen-bond donors (Lipinski definition) is 3. The Morgan fingerprint density at radius 2 is 2.00 bits per heavy atom. The van der Waals surface area contributed by atoms with E-state index in [1.54, 1.807) is 20.8 Å². The van der Waals surface area contributed by atoms with Crippen molar-refractivity contribution in [2.24, 2.45) is 0 Å². The van der Waals surface area contributed by atoms with Crippen LogP contribution in [0.4, 0.5) is 4.79 Å². The molecule has 1 aromatic heterocycles. The van der Waals surface area contributed by atoms with Crippen molar-refractivity contribution in [3.8, 4) is 0 Å². The minimum absolute atomic E-state index is 0.109. The molecule has 1 heterocycles. The highest BCUT2D eigenvalue weighted by atomic mass is 16.6. The van der Waals surface area contributed by atoms with E-state index in [1.165, 1.54) is 13.1 Å². The molecule has 1 amide bonds. The topological polar surface area (TPSA) is 130 Å². The Kier molecular flexibility index (Phi) is 5.72. The second-order valence-electron chi connectivity index (χ2n) is 6.16. The fraction of sp³-hybridized carbons (Fsp3) is 0.571. The third-order valence-electron chi connectivity index (χ3n) is 2.75. The van der Waals surface area contributed by atoms with Gasteiger partial charge in [-0.05, 0) is 27.7 Å². The van der Waals surface area contributed by atoms with Gasteiger partial charge in [0.25, 0.3) is 5.56 Å². The molecule has 9 heteroatoms. The van der Waals surface area contributed by atoms with Crippen molar-refractivity contribution in [1.29, 1.82) is 0 Å². The van der Waals surface area contributed by atoms with Crippen molar-refractivity contribution in [2.45, 2.75) is 52.3 Å². The van der Waals surface area contributed by atoms with Gasteiger partial charge in [-0.3, -0.25) is 19.1 Å². The van der Waals surface area contributed by atoms with Gasteiger partial charge in [-0.25, -0.2) is 9.59 Å². The van der Waals surface area contributed by atoms with Crippen LogP contribution in [0.5, 0.6) is 0 Å². The average Bonchev–Trinajstić information content (AvgIpc) is 2.32. The third-order valence-corrected chi connectivity index (χ3v) is 2.75. The molecule has 1 atom stereocenters. The molecule has 3 N–H and O–H groups in total. The quantitative estimate of drug-likeness (QED) is 0.709. The number of carbonyl (C=O) groups excluding carboxylic acids is 1. The number of aliphatic carboxylic acids is 1. The minimum atomic E-state index is -1.14. The number of rotatable bonds is 5. The summed E-state index contributed by atoms with van der Waals surface area (Å²) in [6.07, 6.45) is 0.134. The Morgan fingerprint density at radius 3 is 2.52 bits per heavy atom. The van der Waals surface area contributed by atoms with Crippen LogP contribution in [0.2, 0.25) is 0 Å². The highest BCUT2D eigenvalue weighted by Gasteiger charge is 2.22. The Labute approximate surface area is 132 Å². The van der Waals surface area contributed by atoms with Crippen LogP contribution in [-0.2, 0) is 16.1 Å². The van der Waals surface area contributed by atoms with Crippen LogP contribution in [0.3, 0.4) is 0 Å². The summed E-state index contributed by atoms with van der Waals surface area (Å²) in [4.78, 5) is 47.9. The van der Waals surface area contributed by atoms with E-state index in [0.29, 0.717) is 5.56 Å². The van der Waals surface area contributed by atoms with Gasteiger partial charge in [-0.15, -0.1) is 0 Å². The van der Waals surface area contributed by atoms with Crippen LogP contribution in [0, 0.1) is 6.92 Å². The van der Waals surface area contributed by atoms with E-state index in [9.17, 15) is 19.2 Å². The molecule has 0 fully saturated rings. The summed E-state index contributed by atoms with van der Waals surface area (Å²) in [5.74, 6) is -1.14. The fourth-order valence-corrected chi connectivity index (χ4v) is 1.84. The van der Waals surface area contributed by atoms with Gasteiger partial charge in [0.05, 0.1) is 12.5 Å². The number of nitrogens with zero attached hydrogens (tertiary/aromatic N) is 1. The molecule has 0 spiro atoms. The van der Waals surface area contributed by atoms with E-state index in [0.717, 1.165) is 4.57 Å². The van der Waals surface area contributed by atoms with Gasteiger partial charge in [-0.2, -0.15) is 0 Å². The molecule has 0 aromatic carbocycles. The SMILES string of the molecule is Cc1cn(C[C@H](CC(=O)O)NC(=O)OC(C)(C)C)c(=O)[nH]c1=O. The van der Waals surface area contributed by atoms with Crippen LogP contribution in [0.1, 0.15) is 32.8 Å². The van der Waals surface area contributed by atoms with Crippen LogP contribution < -0.4 is 16.6 Å². The molecule has 1 aromatic rings. The van der Waals surface area contributed by atoms with Crippen molar-refractivity contribution < 1.29 is 19.4 Å². The zero-order valence-corrected chi connectivity index (χ0v) is 13.5. The molecule has 0 aliphatic heterocycles. The molecule has 9 nitrogen and oxygen atoms in total. The fourth-order valence-electron chi connectivity index (χ4n) is 1.84. The average molecular weight is 327 g/mol. The molecule has 0 aliphatic carbocycles. The number of carbonyl (C=O) groups is 2. The third kappa shape index (κ3) is 6.37. The number of H-pyrrole nitrogens is 1. The number of aromatic nitrogens is 2. The molecule has 0 saturated heterocycles. The molecule has 0 saturated carbocycles. The number of alkyl carbamates (subject to hydrolysis) is 1. The molecule has 0 unspecified atom stereocenters. The van der Waals surface area contributed by atoms with E-state index in [-0.39, 0.29) is 6.54 Å². The van der Waals surface area contributed by atoms with Gasteiger partial charge in [0.1, 0.15) is 5.60 Å². The normalized spacial score (nSPS) is 12.5. The number of nitrogens with one attached hydrogen (secondary N) is 2. The lowest BCUT2D eigenvalue weighted by Crippen LogP contribution is -2.44. The van der Waals surface area contributed by atoms with Gasteiger partial charge in [0.2, 0.25) is 0 Å². The molecular formula is C14H21N3O6. The van der Waals surface area contributed by atoms with Crippen molar-refractivity contribution in [1.82, 2.24) is 14.9 Å². The van der Waals surface area contributed by atoms with Crippen LogP contribution >= 0.6 is 0 Å². The van der Waals surface area contributed by atoms with Crippen LogP contribution in [0.15, 0.2) is 15.8 Å². The second-order valence-corrected chi connectivity index (χ2v) is 6.16. The van der Waals surface area contributed by atoms with E-state index in [1.807, 2.05) is 0 Å². The molecule has 23 heavy (non-hydrogen) atoms. The smallest absolute Gasteiger partial charge is 0.407 e. The number of hydrogen-bond acceptors (Lipinski definition) is 5. The first-order valence-electron chi connectivity index (χ1n) is 6.99. The summed E-state index contributed by atoms with van der Waals surface area (Å²) >= 11 is 0. The number of ether oxygens (including phenoxy) is 1. The summed E-state index contributed by atoms with van der Waals surface area (Å²) in [5, 5.41) is 11.4. The standard InChI is InChI=1S/C14H21N3O6/c1-8-6-17(12(21)16-11(8)20)7-9(5-10(18)19)15-13(22)23-14(2,3)4/h6,9H,5,7H2,1-4H3,(H,15,22)(H,18,19)(H,16,20,21)/t9-/m0/s1. The summed E-state index contributed by atoms with van der Waals surface area (Å²) in [5.41, 5.74) is -1.62. The molecular weight excluding hydrogens is 306 g/mol. The molecule has 128 valence electrons. The Bertz CT molecular complexity index is 698. The van der Waals surface area contributed by atoms with E-state index < -0.39 is 41.4 Å². The molecule has 1 rings (SSSR count). The minimum Gasteiger partial charge on any atom is -0.481 e. The van der Waals surface area contributed by atoms with E-state index in [2.05, 4.69) is 10.3 Å². The first-order chi connectivity index (χ1) is 10.5. The molecule has 0 bridgehead atoms. The van der Waals surface area contributed by atoms with Gasteiger partial charge < -0.3 is 15.2 Å². The lowest BCUT2D eigenvalue weighted by Gasteiger charge is -2.23. The summed E-state index contributed by atoms with van der Waals surface area (Å²) in [6, 6.07) is -0.870. The number of carboxylic acids is 1. The number of aryl methyl sites for hydroxylation is 1. The summed E-state index contributed by atoms with van der Waals surface area (Å²) in [6.45, 7) is 6.43. The maximum absolute atomic E-state index is 11.8. The second kappa shape index (κ2) is 7.12. The predicted octanol–water partition coefficient (Wildman–Crippen LogP) is 0.213. The number of amides is 1. The first kappa shape index (κ1) is 18.5. The molecule has 0 aliphatic rings. The molecule has 0 radical (unpaired) electrons. The maximum Gasteiger partial charge on any atom is 0.407 e. The Hall–Kier alpha value is -2.58. The zero-order chi connectivity index (χ0) is 17.8. The summed E-state index contributed by atoms with van der Waals surface area (Å²) < 4.78 is 6.21. The largest absolute Gasteiger partial charge is 0.481 e. The summed E-state index contributed by atoms with van der Waals surface area (Å²) in [7, 11) is 0. The Balaban J connectivity index is 2.93.